The summed E-state index contributed by atoms with van der Waals surface area (Å²) in [7, 11) is 0. The van der Waals surface area contributed by atoms with Gasteiger partial charge < -0.3 is 16.0 Å². The summed E-state index contributed by atoms with van der Waals surface area (Å²) in [6.07, 6.45) is 1.21. The fraction of sp³-hybridized carbons (Fsp3) is 0.500. The number of nitrogens with one attached hydrogen (secondary N) is 3. The Morgan fingerprint density at radius 1 is 0.950 bits per heavy atom. The van der Waals surface area contributed by atoms with Gasteiger partial charge in [0.1, 0.15) is 12.1 Å². The molecule has 1 saturated carbocycles. The molecule has 0 bridgehead atoms. The van der Waals surface area contributed by atoms with Gasteiger partial charge in [-0.05, 0) is 42.4 Å². The number of rotatable bonds is 11. The van der Waals surface area contributed by atoms with Gasteiger partial charge in [-0.25, -0.2) is 8.78 Å². The minimum atomic E-state index is -2.78. The highest BCUT2D eigenvalue weighted by Gasteiger charge is 2.39. The van der Waals surface area contributed by atoms with Crippen LogP contribution in [-0.4, -0.2) is 46.5 Å². The van der Waals surface area contributed by atoms with Crippen LogP contribution in [0.1, 0.15) is 64.1 Å². The molecule has 8 nitrogen and oxygen atoms in total. The molecule has 2 atom stereocenters. The molecular formula is C30H38F2N4O4. The Bertz CT molecular complexity index is 1160. The maximum atomic E-state index is 13.6. The first-order chi connectivity index (χ1) is 18.8. The number of benzene rings is 1. The molecule has 3 rings (SSSR count). The number of Topliss-reactive ketones (excluding diaryl/α,β-unsaturated/α-hetero) is 1. The smallest absolute Gasteiger partial charge is 0.289 e. The van der Waals surface area contributed by atoms with Crippen molar-refractivity contribution in [1.82, 2.24) is 20.9 Å². The normalized spacial score (nSPS) is 16.8. The van der Waals surface area contributed by atoms with E-state index in [1.54, 1.807) is 48.7 Å². The SMILES string of the molecule is CC(C)(C)C[C@@H](NC(=O)C1CCC(F)(F)CC1)C(=O)N[C@H](Cc1ccccc1)C(=O)C(=O)NCc1ccccn1. The van der Waals surface area contributed by atoms with Crippen molar-refractivity contribution < 1.29 is 28.0 Å². The maximum absolute atomic E-state index is 13.6. The topological polar surface area (TPSA) is 117 Å². The second-order valence-corrected chi connectivity index (χ2v) is 11.6. The van der Waals surface area contributed by atoms with E-state index >= 15 is 0 Å². The molecule has 2 aromatic rings. The van der Waals surface area contributed by atoms with Crippen LogP contribution >= 0.6 is 0 Å². The van der Waals surface area contributed by atoms with Gasteiger partial charge in [0.15, 0.2) is 0 Å². The lowest BCUT2D eigenvalue weighted by atomic mass is 9.84. The van der Waals surface area contributed by atoms with Crippen LogP contribution in [0.15, 0.2) is 54.7 Å². The quantitative estimate of drug-likeness (QED) is 0.365. The number of pyridine rings is 1. The first-order valence-electron chi connectivity index (χ1n) is 13.6. The van der Waals surface area contributed by atoms with E-state index in [0.717, 1.165) is 5.56 Å². The van der Waals surface area contributed by atoms with Gasteiger partial charge >= 0.3 is 0 Å². The van der Waals surface area contributed by atoms with Crippen LogP contribution in [0, 0.1) is 11.3 Å². The highest BCUT2D eigenvalue weighted by atomic mass is 19.3. The van der Waals surface area contributed by atoms with E-state index < -0.39 is 47.4 Å². The third-order valence-electron chi connectivity index (χ3n) is 6.83. The number of ketones is 1. The summed E-state index contributed by atoms with van der Waals surface area (Å²) < 4.78 is 27.2. The van der Waals surface area contributed by atoms with E-state index in [2.05, 4.69) is 20.9 Å². The summed E-state index contributed by atoms with van der Waals surface area (Å²) in [5, 5.41) is 7.98. The zero-order valence-corrected chi connectivity index (χ0v) is 23.2. The minimum Gasteiger partial charge on any atom is -0.344 e. The number of amides is 3. The van der Waals surface area contributed by atoms with E-state index in [1.807, 2.05) is 26.8 Å². The summed E-state index contributed by atoms with van der Waals surface area (Å²) in [6.45, 7) is 5.75. The summed E-state index contributed by atoms with van der Waals surface area (Å²) in [6, 6.07) is 12.0. The zero-order valence-electron chi connectivity index (χ0n) is 23.2. The highest BCUT2D eigenvalue weighted by Crippen LogP contribution is 2.36. The Morgan fingerprint density at radius 2 is 1.60 bits per heavy atom. The second-order valence-electron chi connectivity index (χ2n) is 11.6. The Hall–Kier alpha value is -3.69. The van der Waals surface area contributed by atoms with Crippen LogP contribution in [-0.2, 0) is 32.1 Å². The number of halogens is 2. The molecule has 3 N–H and O–H groups in total. The number of hydrogen-bond donors (Lipinski definition) is 3. The molecule has 0 aliphatic heterocycles. The first-order valence-corrected chi connectivity index (χ1v) is 13.6. The molecule has 3 amide bonds. The Labute approximate surface area is 233 Å². The predicted molar refractivity (Wildman–Crippen MR) is 146 cm³/mol. The standard InChI is InChI=1S/C30H38F2N4O4/c1-29(2,3)18-24(36-26(38)21-12-14-30(31,32)15-13-21)27(39)35-23(17-20-9-5-4-6-10-20)25(37)28(40)34-19-22-11-7-8-16-33-22/h4-11,16,21,23-24H,12-15,17-19H2,1-3H3,(H,34,40)(H,35,39)(H,36,38)/t23-,24-/m1/s1. The van der Waals surface area contributed by atoms with E-state index in [-0.39, 0.29) is 50.5 Å². The summed E-state index contributed by atoms with van der Waals surface area (Å²) >= 11 is 0. The monoisotopic (exact) mass is 556 g/mol. The van der Waals surface area contributed by atoms with Gasteiger partial charge in [-0.15, -0.1) is 0 Å². The van der Waals surface area contributed by atoms with Crippen LogP contribution in [0.3, 0.4) is 0 Å². The molecule has 0 saturated heterocycles. The molecule has 1 aliphatic carbocycles. The van der Waals surface area contributed by atoms with Gasteiger partial charge in [0.2, 0.25) is 23.5 Å². The van der Waals surface area contributed by atoms with Crippen molar-refractivity contribution in [2.24, 2.45) is 11.3 Å². The number of carbonyl (C=O) groups is 4. The Kier molecular flexibility index (Phi) is 10.5. The molecule has 10 heteroatoms. The van der Waals surface area contributed by atoms with Crippen molar-refractivity contribution >= 4 is 23.5 Å². The molecule has 1 heterocycles. The zero-order chi connectivity index (χ0) is 29.3. The van der Waals surface area contributed by atoms with Crippen LogP contribution < -0.4 is 16.0 Å². The van der Waals surface area contributed by atoms with Gasteiger partial charge in [-0.2, -0.15) is 0 Å². The number of carbonyl (C=O) groups excluding carboxylic acids is 4. The molecule has 0 unspecified atom stereocenters. The number of aromatic nitrogens is 1. The van der Waals surface area contributed by atoms with Gasteiger partial charge in [-0.3, -0.25) is 24.2 Å². The van der Waals surface area contributed by atoms with Gasteiger partial charge in [0.05, 0.1) is 12.2 Å². The molecular weight excluding hydrogens is 518 g/mol. The van der Waals surface area contributed by atoms with Crippen LogP contribution in [0.4, 0.5) is 8.78 Å². The number of hydrogen-bond acceptors (Lipinski definition) is 5. The van der Waals surface area contributed by atoms with Crippen LogP contribution in [0.25, 0.3) is 0 Å². The van der Waals surface area contributed by atoms with Crippen molar-refractivity contribution in [2.45, 2.75) is 83.8 Å². The van der Waals surface area contributed by atoms with Crippen molar-refractivity contribution in [2.75, 3.05) is 0 Å². The second kappa shape index (κ2) is 13.6. The summed E-state index contributed by atoms with van der Waals surface area (Å²) in [4.78, 5) is 56.6. The molecule has 0 spiro atoms. The van der Waals surface area contributed by atoms with Crippen molar-refractivity contribution in [3.8, 4) is 0 Å². The molecule has 1 fully saturated rings. The lowest BCUT2D eigenvalue weighted by Gasteiger charge is -2.31. The van der Waals surface area contributed by atoms with Crippen molar-refractivity contribution in [3.05, 3.63) is 66.0 Å². The molecule has 0 radical (unpaired) electrons. The summed E-state index contributed by atoms with van der Waals surface area (Å²) in [5.74, 6) is -6.17. The molecule has 1 aliphatic rings. The van der Waals surface area contributed by atoms with Gasteiger partial charge in [0, 0.05) is 31.4 Å². The fourth-order valence-corrected chi connectivity index (χ4v) is 4.66. The first kappa shape index (κ1) is 30.8. The van der Waals surface area contributed by atoms with Crippen LogP contribution in [0.2, 0.25) is 0 Å². The van der Waals surface area contributed by atoms with E-state index in [4.69, 9.17) is 0 Å². The third-order valence-corrected chi connectivity index (χ3v) is 6.83. The lowest BCUT2D eigenvalue weighted by Crippen LogP contribution is -2.56. The van der Waals surface area contributed by atoms with Gasteiger partial charge in [0.25, 0.3) is 5.91 Å². The molecule has 1 aromatic carbocycles. The average Bonchev–Trinajstić information content (AvgIpc) is 2.90. The van der Waals surface area contributed by atoms with E-state index in [0.29, 0.717) is 5.69 Å². The maximum Gasteiger partial charge on any atom is 0.289 e. The van der Waals surface area contributed by atoms with Crippen LogP contribution in [0.5, 0.6) is 0 Å². The largest absolute Gasteiger partial charge is 0.344 e. The van der Waals surface area contributed by atoms with E-state index in [9.17, 15) is 28.0 Å². The minimum absolute atomic E-state index is 0.0360. The molecule has 40 heavy (non-hydrogen) atoms. The van der Waals surface area contributed by atoms with Crippen molar-refractivity contribution in [1.29, 1.82) is 0 Å². The molecule has 216 valence electrons. The molecule has 1 aromatic heterocycles. The lowest BCUT2D eigenvalue weighted by molar-refractivity contribution is -0.141. The Morgan fingerprint density at radius 3 is 2.20 bits per heavy atom. The number of nitrogens with zero attached hydrogens (tertiary/aromatic N) is 1. The average molecular weight is 557 g/mol. The number of alkyl halides is 2. The van der Waals surface area contributed by atoms with E-state index in [1.165, 1.54) is 0 Å². The Balaban J connectivity index is 1.74. The van der Waals surface area contributed by atoms with Gasteiger partial charge in [-0.1, -0.05) is 57.2 Å². The summed E-state index contributed by atoms with van der Waals surface area (Å²) in [5.41, 5.74) is 0.924. The highest BCUT2D eigenvalue weighted by molar-refractivity contribution is 6.38. The van der Waals surface area contributed by atoms with Crippen molar-refractivity contribution in [3.63, 3.8) is 0 Å². The fourth-order valence-electron chi connectivity index (χ4n) is 4.66. The predicted octanol–water partition coefficient (Wildman–Crippen LogP) is 3.74. The third kappa shape index (κ3) is 9.81.